The number of aliphatic hydroxyl groups is 2. The largest absolute Gasteiger partial charge is 0.395 e. The molecule has 18 heavy (non-hydrogen) atoms. The van der Waals surface area contributed by atoms with Gasteiger partial charge < -0.3 is 15.1 Å². The van der Waals surface area contributed by atoms with Gasteiger partial charge in [0.2, 0.25) is 0 Å². The van der Waals surface area contributed by atoms with E-state index >= 15 is 0 Å². The normalized spacial score (nSPS) is 11.0. The molecule has 0 aliphatic carbocycles. The third-order valence-corrected chi connectivity index (χ3v) is 2.85. The van der Waals surface area contributed by atoms with E-state index in [0.29, 0.717) is 12.5 Å². The monoisotopic (exact) mass is 252 g/mol. The molecule has 0 aliphatic heterocycles. The molecule has 102 valence electrons. The Hall–Kier alpha value is -1.13. The van der Waals surface area contributed by atoms with Crippen LogP contribution in [0.4, 0.5) is 5.82 Å². The molecule has 1 aromatic heterocycles. The second kappa shape index (κ2) is 7.34. The number of rotatable bonds is 7. The molecule has 2 N–H and O–H groups in total. The van der Waals surface area contributed by atoms with Crippen molar-refractivity contribution in [1.29, 1.82) is 0 Å². The molecule has 0 aromatic carbocycles. The highest BCUT2D eigenvalue weighted by Crippen LogP contribution is 2.20. The molecule has 4 heteroatoms. The molecule has 4 nitrogen and oxygen atoms in total. The smallest absolute Gasteiger partial charge is 0.129 e. The summed E-state index contributed by atoms with van der Waals surface area (Å²) in [4.78, 5) is 6.68. The molecule has 0 atom stereocenters. The molecule has 0 unspecified atom stereocenters. The van der Waals surface area contributed by atoms with Crippen molar-refractivity contribution in [3.8, 4) is 0 Å². The van der Waals surface area contributed by atoms with E-state index in [4.69, 9.17) is 5.11 Å². The fraction of sp³-hybridized carbons (Fsp3) is 0.643. The summed E-state index contributed by atoms with van der Waals surface area (Å²) < 4.78 is 0. The van der Waals surface area contributed by atoms with Gasteiger partial charge in [0.25, 0.3) is 0 Å². The Labute approximate surface area is 109 Å². The van der Waals surface area contributed by atoms with Gasteiger partial charge in [-0.25, -0.2) is 4.98 Å². The Balaban J connectivity index is 3.07. The van der Waals surface area contributed by atoms with Gasteiger partial charge in [0.1, 0.15) is 5.82 Å². The Morgan fingerprint density at radius 3 is 2.44 bits per heavy atom. The number of aliphatic hydroxyl groups excluding tert-OH is 2. The number of aromatic nitrogens is 1. The minimum absolute atomic E-state index is 0.0222. The van der Waals surface area contributed by atoms with Gasteiger partial charge in [0.15, 0.2) is 0 Å². The molecule has 1 heterocycles. The van der Waals surface area contributed by atoms with Crippen LogP contribution in [0.15, 0.2) is 12.1 Å². The molecule has 0 saturated carbocycles. The zero-order chi connectivity index (χ0) is 13.5. The summed E-state index contributed by atoms with van der Waals surface area (Å²) in [6.07, 6.45) is 1.00. The van der Waals surface area contributed by atoms with Crippen LogP contribution < -0.4 is 4.90 Å². The zero-order valence-corrected chi connectivity index (χ0v) is 11.6. The van der Waals surface area contributed by atoms with E-state index in [0.717, 1.165) is 30.0 Å². The van der Waals surface area contributed by atoms with Gasteiger partial charge in [-0.1, -0.05) is 20.8 Å². The molecule has 0 bridgehead atoms. The van der Waals surface area contributed by atoms with Crippen LogP contribution in [0.25, 0.3) is 0 Å². The van der Waals surface area contributed by atoms with E-state index in [1.54, 1.807) is 0 Å². The average molecular weight is 252 g/mol. The summed E-state index contributed by atoms with van der Waals surface area (Å²) in [6.45, 7) is 7.85. The maximum atomic E-state index is 9.31. The summed E-state index contributed by atoms with van der Waals surface area (Å²) in [5.74, 6) is 1.18. The first-order valence-corrected chi connectivity index (χ1v) is 6.59. The quantitative estimate of drug-likeness (QED) is 0.778. The lowest BCUT2D eigenvalue weighted by Gasteiger charge is -2.24. The van der Waals surface area contributed by atoms with Crippen molar-refractivity contribution in [1.82, 2.24) is 4.98 Å². The summed E-state index contributed by atoms with van der Waals surface area (Å²) in [7, 11) is 0. The van der Waals surface area contributed by atoms with Crippen LogP contribution in [0.1, 0.15) is 44.4 Å². The van der Waals surface area contributed by atoms with Crippen LogP contribution in [0.3, 0.4) is 0 Å². The molecule has 0 amide bonds. The fourth-order valence-electron chi connectivity index (χ4n) is 1.87. The number of nitrogens with zero attached hydrogens (tertiary/aromatic N) is 2. The Bertz CT molecular complexity index is 361. The third kappa shape index (κ3) is 3.96. The lowest BCUT2D eigenvalue weighted by atomic mass is 10.1. The molecule has 1 aromatic rings. The molecule has 0 aliphatic rings. The zero-order valence-electron chi connectivity index (χ0n) is 11.6. The number of anilines is 1. The van der Waals surface area contributed by atoms with Crippen molar-refractivity contribution in [3.63, 3.8) is 0 Å². The van der Waals surface area contributed by atoms with E-state index in [2.05, 4.69) is 30.7 Å². The molecule has 0 saturated heterocycles. The molecule has 0 spiro atoms. The molecular formula is C14H24N2O2. The standard InChI is InChI=1S/C14H24N2O2/c1-4-5-16(6-7-17)14-9-12(10-18)8-13(15-14)11(2)3/h8-9,11,17-18H,4-7,10H2,1-3H3. The van der Waals surface area contributed by atoms with E-state index in [-0.39, 0.29) is 13.2 Å². The van der Waals surface area contributed by atoms with Gasteiger partial charge in [-0.3, -0.25) is 0 Å². The summed E-state index contributed by atoms with van der Waals surface area (Å²) in [5, 5.41) is 18.4. The summed E-state index contributed by atoms with van der Waals surface area (Å²) >= 11 is 0. The fourth-order valence-corrected chi connectivity index (χ4v) is 1.87. The molecule has 1 rings (SSSR count). The van der Waals surface area contributed by atoms with E-state index in [1.807, 2.05) is 12.1 Å². The van der Waals surface area contributed by atoms with Crippen molar-refractivity contribution < 1.29 is 10.2 Å². The first-order chi connectivity index (χ1) is 8.62. The highest BCUT2D eigenvalue weighted by atomic mass is 16.3. The Morgan fingerprint density at radius 2 is 1.94 bits per heavy atom. The van der Waals surface area contributed by atoms with Gasteiger partial charge in [-0.15, -0.1) is 0 Å². The van der Waals surface area contributed by atoms with E-state index in [1.165, 1.54) is 0 Å². The molecule has 0 radical (unpaired) electrons. The second-order valence-corrected chi connectivity index (χ2v) is 4.78. The van der Waals surface area contributed by atoms with Crippen LogP contribution in [-0.2, 0) is 6.61 Å². The maximum Gasteiger partial charge on any atom is 0.129 e. The first kappa shape index (κ1) is 14.9. The Kier molecular flexibility index (Phi) is 6.09. The highest BCUT2D eigenvalue weighted by molar-refractivity contribution is 5.43. The summed E-state index contributed by atoms with van der Waals surface area (Å²) in [6, 6.07) is 3.84. The van der Waals surface area contributed by atoms with E-state index < -0.39 is 0 Å². The average Bonchev–Trinajstić information content (AvgIpc) is 2.37. The van der Waals surface area contributed by atoms with Gasteiger partial charge in [-0.2, -0.15) is 0 Å². The maximum absolute atomic E-state index is 9.31. The first-order valence-electron chi connectivity index (χ1n) is 6.59. The van der Waals surface area contributed by atoms with Crippen molar-refractivity contribution in [2.24, 2.45) is 0 Å². The van der Waals surface area contributed by atoms with Crippen LogP contribution in [0, 0.1) is 0 Å². The van der Waals surface area contributed by atoms with Gasteiger partial charge in [0.05, 0.1) is 13.2 Å². The Morgan fingerprint density at radius 1 is 1.22 bits per heavy atom. The number of hydrogen-bond acceptors (Lipinski definition) is 4. The number of pyridine rings is 1. The summed E-state index contributed by atoms with van der Waals surface area (Å²) in [5.41, 5.74) is 1.86. The van der Waals surface area contributed by atoms with Gasteiger partial charge in [0, 0.05) is 18.8 Å². The minimum Gasteiger partial charge on any atom is -0.395 e. The molecule has 0 fully saturated rings. The lowest BCUT2D eigenvalue weighted by Crippen LogP contribution is -2.28. The topological polar surface area (TPSA) is 56.6 Å². The van der Waals surface area contributed by atoms with Crippen molar-refractivity contribution in [2.75, 3.05) is 24.6 Å². The third-order valence-electron chi connectivity index (χ3n) is 2.85. The van der Waals surface area contributed by atoms with Crippen molar-refractivity contribution in [3.05, 3.63) is 23.4 Å². The predicted octanol–water partition coefficient (Wildman–Crippen LogP) is 1.91. The lowest BCUT2D eigenvalue weighted by molar-refractivity contribution is 0.281. The predicted molar refractivity (Wildman–Crippen MR) is 73.8 cm³/mol. The van der Waals surface area contributed by atoms with Crippen LogP contribution in [-0.4, -0.2) is 34.9 Å². The minimum atomic E-state index is 0.0222. The SMILES string of the molecule is CCCN(CCO)c1cc(CO)cc(C(C)C)n1. The van der Waals surface area contributed by atoms with E-state index in [9.17, 15) is 5.11 Å². The van der Waals surface area contributed by atoms with Crippen LogP contribution in [0.2, 0.25) is 0 Å². The van der Waals surface area contributed by atoms with Crippen molar-refractivity contribution in [2.45, 2.75) is 39.7 Å². The molecular weight excluding hydrogens is 228 g/mol. The van der Waals surface area contributed by atoms with Gasteiger partial charge >= 0.3 is 0 Å². The highest BCUT2D eigenvalue weighted by Gasteiger charge is 2.11. The number of hydrogen-bond donors (Lipinski definition) is 2. The van der Waals surface area contributed by atoms with Crippen molar-refractivity contribution >= 4 is 5.82 Å². The second-order valence-electron chi connectivity index (χ2n) is 4.78. The van der Waals surface area contributed by atoms with Gasteiger partial charge in [-0.05, 0) is 30.0 Å². The van der Waals surface area contributed by atoms with Crippen LogP contribution >= 0.6 is 0 Å². The van der Waals surface area contributed by atoms with Crippen LogP contribution in [0.5, 0.6) is 0 Å².